The fourth-order valence-corrected chi connectivity index (χ4v) is 4.88. The zero-order valence-electron chi connectivity index (χ0n) is 13.6. The quantitative estimate of drug-likeness (QED) is 0.756. The molecule has 2 heteroatoms. The number of cyclic esters (lactones) is 1. The van der Waals surface area contributed by atoms with Gasteiger partial charge in [0.2, 0.25) is 0 Å². The van der Waals surface area contributed by atoms with Crippen molar-refractivity contribution in [1.82, 2.24) is 0 Å². The second kappa shape index (κ2) is 5.40. The Balaban J connectivity index is 1.51. The Labute approximate surface area is 133 Å². The molecular weight excluding hydrogens is 272 g/mol. The van der Waals surface area contributed by atoms with Gasteiger partial charge in [-0.05, 0) is 67.1 Å². The number of rotatable bonds is 2. The summed E-state index contributed by atoms with van der Waals surface area (Å²) in [7, 11) is 0. The van der Waals surface area contributed by atoms with Crippen LogP contribution < -0.4 is 0 Å². The molecule has 1 aliphatic heterocycles. The average molecular weight is 298 g/mol. The van der Waals surface area contributed by atoms with Gasteiger partial charge < -0.3 is 4.74 Å². The molecule has 3 aliphatic rings. The van der Waals surface area contributed by atoms with Gasteiger partial charge in [-0.1, -0.05) is 31.5 Å². The molecule has 0 unspecified atom stereocenters. The molecule has 0 amide bonds. The van der Waals surface area contributed by atoms with Gasteiger partial charge in [0.25, 0.3) is 0 Å². The summed E-state index contributed by atoms with van der Waals surface area (Å²) in [6, 6.07) is 7.22. The number of carbonyl (C=O) groups is 1. The van der Waals surface area contributed by atoms with Crippen LogP contribution in [0.25, 0.3) is 0 Å². The van der Waals surface area contributed by atoms with Crippen molar-refractivity contribution in [2.75, 3.05) is 6.61 Å². The Morgan fingerprint density at radius 2 is 2.18 bits per heavy atom. The van der Waals surface area contributed by atoms with Crippen molar-refractivity contribution in [3.8, 4) is 0 Å². The Morgan fingerprint density at radius 3 is 2.95 bits per heavy atom. The van der Waals surface area contributed by atoms with E-state index in [-0.39, 0.29) is 11.4 Å². The van der Waals surface area contributed by atoms with E-state index in [0.717, 1.165) is 18.8 Å². The summed E-state index contributed by atoms with van der Waals surface area (Å²) in [5.74, 6) is 1.52. The topological polar surface area (TPSA) is 26.3 Å². The Bertz CT molecular complexity index is 591. The van der Waals surface area contributed by atoms with Crippen LogP contribution in [-0.2, 0) is 22.4 Å². The number of fused-ring (bicyclic) bond motifs is 1. The minimum atomic E-state index is 0.0108. The van der Waals surface area contributed by atoms with E-state index in [9.17, 15) is 4.79 Å². The lowest BCUT2D eigenvalue weighted by Crippen LogP contribution is -2.17. The number of hydrogen-bond acceptors (Lipinski definition) is 2. The molecule has 1 saturated heterocycles. The number of aryl methyl sites for hydroxylation is 1. The average Bonchev–Trinajstić information content (AvgIpc) is 3.13. The van der Waals surface area contributed by atoms with Gasteiger partial charge in [-0.3, -0.25) is 4.79 Å². The van der Waals surface area contributed by atoms with Crippen LogP contribution in [0.15, 0.2) is 18.2 Å². The zero-order valence-corrected chi connectivity index (χ0v) is 13.6. The summed E-state index contributed by atoms with van der Waals surface area (Å²) in [5, 5.41) is 0. The molecule has 0 bridgehead atoms. The van der Waals surface area contributed by atoms with Gasteiger partial charge in [-0.25, -0.2) is 0 Å². The van der Waals surface area contributed by atoms with E-state index in [1.807, 2.05) is 0 Å². The molecule has 0 N–H and O–H groups in total. The first-order chi connectivity index (χ1) is 10.7. The molecule has 4 rings (SSSR count). The lowest BCUT2D eigenvalue weighted by Gasteiger charge is -2.25. The highest BCUT2D eigenvalue weighted by atomic mass is 16.5. The maximum Gasteiger partial charge on any atom is 0.306 e. The molecule has 1 saturated carbocycles. The SMILES string of the molecule is CC[C@@H]1CCc2cc([C@@H]3CC[C@]4(COC(=O)C4)C3)ccc2C1. The highest BCUT2D eigenvalue weighted by Crippen LogP contribution is 2.51. The summed E-state index contributed by atoms with van der Waals surface area (Å²) in [4.78, 5) is 11.5. The van der Waals surface area contributed by atoms with Gasteiger partial charge in [-0.2, -0.15) is 0 Å². The van der Waals surface area contributed by atoms with Gasteiger partial charge in [0, 0.05) is 5.41 Å². The van der Waals surface area contributed by atoms with Crippen LogP contribution in [0.4, 0.5) is 0 Å². The molecule has 1 heterocycles. The lowest BCUT2D eigenvalue weighted by molar-refractivity contribution is -0.137. The van der Waals surface area contributed by atoms with Crippen LogP contribution in [0, 0.1) is 11.3 Å². The third-order valence-electron chi connectivity index (χ3n) is 6.37. The second-order valence-electron chi connectivity index (χ2n) is 7.82. The predicted octanol–water partition coefficient (Wildman–Crippen LogP) is 4.40. The normalized spacial score (nSPS) is 34.0. The van der Waals surface area contributed by atoms with E-state index in [2.05, 4.69) is 25.1 Å². The molecule has 118 valence electrons. The predicted molar refractivity (Wildman–Crippen MR) is 86.8 cm³/mol. The van der Waals surface area contributed by atoms with E-state index in [0.29, 0.717) is 18.9 Å². The second-order valence-corrected chi connectivity index (χ2v) is 7.82. The van der Waals surface area contributed by atoms with Crippen molar-refractivity contribution in [1.29, 1.82) is 0 Å². The van der Waals surface area contributed by atoms with E-state index in [1.54, 1.807) is 11.1 Å². The van der Waals surface area contributed by atoms with Crippen molar-refractivity contribution >= 4 is 5.97 Å². The first-order valence-corrected chi connectivity index (χ1v) is 8.95. The zero-order chi connectivity index (χ0) is 15.2. The lowest BCUT2D eigenvalue weighted by atomic mass is 9.80. The van der Waals surface area contributed by atoms with Crippen LogP contribution in [0.5, 0.6) is 0 Å². The first kappa shape index (κ1) is 14.3. The number of ether oxygens (including phenoxy) is 1. The van der Waals surface area contributed by atoms with Crippen LogP contribution in [-0.4, -0.2) is 12.6 Å². The first-order valence-electron chi connectivity index (χ1n) is 8.95. The third kappa shape index (κ3) is 2.47. The van der Waals surface area contributed by atoms with Crippen LogP contribution in [0.2, 0.25) is 0 Å². The Hall–Kier alpha value is -1.31. The summed E-state index contributed by atoms with van der Waals surface area (Å²) in [5.41, 5.74) is 4.83. The summed E-state index contributed by atoms with van der Waals surface area (Å²) in [6.45, 7) is 2.97. The summed E-state index contributed by atoms with van der Waals surface area (Å²) < 4.78 is 5.25. The molecule has 2 nitrogen and oxygen atoms in total. The smallest absolute Gasteiger partial charge is 0.306 e. The van der Waals surface area contributed by atoms with Crippen molar-refractivity contribution in [2.45, 2.75) is 64.2 Å². The van der Waals surface area contributed by atoms with Crippen molar-refractivity contribution in [2.24, 2.45) is 11.3 Å². The monoisotopic (exact) mass is 298 g/mol. The molecule has 0 radical (unpaired) electrons. The number of hydrogen-bond donors (Lipinski definition) is 0. The Kier molecular flexibility index (Phi) is 3.51. The maximum atomic E-state index is 11.5. The minimum Gasteiger partial charge on any atom is -0.465 e. The van der Waals surface area contributed by atoms with Gasteiger partial charge in [0.15, 0.2) is 0 Å². The van der Waals surface area contributed by atoms with E-state index in [1.165, 1.54) is 37.7 Å². The van der Waals surface area contributed by atoms with E-state index >= 15 is 0 Å². The van der Waals surface area contributed by atoms with Crippen LogP contribution in [0.3, 0.4) is 0 Å². The number of benzene rings is 1. The highest BCUT2D eigenvalue weighted by molar-refractivity contribution is 5.72. The number of carbonyl (C=O) groups excluding carboxylic acids is 1. The molecule has 1 aromatic rings. The van der Waals surface area contributed by atoms with Crippen LogP contribution >= 0.6 is 0 Å². The van der Waals surface area contributed by atoms with Gasteiger partial charge in [-0.15, -0.1) is 0 Å². The molecule has 2 fully saturated rings. The van der Waals surface area contributed by atoms with Gasteiger partial charge in [0.05, 0.1) is 13.0 Å². The standard InChI is InChI=1S/C20H26O2/c1-2-14-3-4-16-10-17(6-5-15(16)9-14)18-7-8-20(11-18)12-19(21)22-13-20/h5-6,10,14,18H,2-4,7-9,11-13H2,1H3/t14-,18-,20+/m1/s1. The fourth-order valence-electron chi connectivity index (χ4n) is 4.88. The Morgan fingerprint density at radius 1 is 1.27 bits per heavy atom. The van der Waals surface area contributed by atoms with Crippen molar-refractivity contribution in [3.05, 3.63) is 34.9 Å². The maximum absolute atomic E-state index is 11.5. The van der Waals surface area contributed by atoms with Gasteiger partial charge >= 0.3 is 5.97 Å². The number of esters is 1. The molecule has 0 aromatic heterocycles. The summed E-state index contributed by atoms with van der Waals surface area (Å²) in [6.07, 6.45) is 9.32. The van der Waals surface area contributed by atoms with Gasteiger partial charge in [0.1, 0.15) is 0 Å². The fraction of sp³-hybridized carbons (Fsp3) is 0.650. The van der Waals surface area contributed by atoms with Crippen LogP contribution in [0.1, 0.15) is 68.1 Å². The third-order valence-corrected chi connectivity index (χ3v) is 6.37. The molecule has 22 heavy (non-hydrogen) atoms. The molecule has 3 atom stereocenters. The molecule has 2 aliphatic carbocycles. The van der Waals surface area contributed by atoms with Crippen molar-refractivity contribution < 1.29 is 9.53 Å². The molecule has 1 spiro atoms. The minimum absolute atomic E-state index is 0.0108. The molecule has 1 aromatic carbocycles. The molecular formula is C20H26O2. The highest BCUT2D eigenvalue weighted by Gasteiger charge is 2.46. The largest absolute Gasteiger partial charge is 0.465 e. The van der Waals surface area contributed by atoms with E-state index in [4.69, 9.17) is 4.74 Å². The van der Waals surface area contributed by atoms with Crippen molar-refractivity contribution in [3.63, 3.8) is 0 Å². The summed E-state index contributed by atoms with van der Waals surface area (Å²) >= 11 is 0. The van der Waals surface area contributed by atoms with E-state index < -0.39 is 0 Å².